The molecule has 0 N–H and O–H groups in total. The number of carbonyl (C=O) groups is 1. The molecule has 0 radical (unpaired) electrons. The SMILES string of the molecule is CC=CC(=O)C#Cc1ccccc1. The molecule has 1 rings (SSSR count). The molecule has 0 aliphatic heterocycles. The number of ketones is 1. The van der Waals surface area contributed by atoms with Crippen LogP contribution in [0.3, 0.4) is 0 Å². The summed E-state index contributed by atoms with van der Waals surface area (Å²) in [4.78, 5) is 11.0. The zero-order chi connectivity index (χ0) is 9.52. The standard InChI is InChI=1S/C12H10O/c1-2-6-12(13)10-9-11-7-4-3-5-8-11/h2-8H,1H3. The zero-order valence-electron chi connectivity index (χ0n) is 7.45. The number of carbonyl (C=O) groups excluding carboxylic acids is 1. The Morgan fingerprint density at radius 2 is 2.00 bits per heavy atom. The van der Waals surface area contributed by atoms with Crippen molar-refractivity contribution >= 4 is 5.78 Å². The Kier molecular flexibility index (Phi) is 3.53. The predicted molar refractivity (Wildman–Crippen MR) is 53.1 cm³/mol. The highest BCUT2D eigenvalue weighted by Crippen LogP contribution is 1.94. The summed E-state index contributed by atoms with van der Waals surface area (Å²) in [6.45, 7) is 1.79. The Morgan fingerprint density at radius 3 is 2.62 bits per heavy atom. The fourth-order valence-electron chi connectivity index (χ4n) is 0.848. The monoisotopic (exact) mass is 170 g/mol. The van der Waals surface area contributed by atoms with Crippen LogP contribution < -0.4 is 0 Å². The van der Waals surface area contributed by atoms with Gasteiger partial charge in [-0.25, -0.2) is 0 Å². The van der Waals surface area contributed by atoms with Crippen molar-refractivity contribution in [3.8, 4) is 11.8 Å². The highest BCUT2D eigenvalue weighted by molar-refractivity contribution is 6.04. The van der Waals surface area contributed by atoms with Gasteiger partial charge in [-0.3, -0.25) is 4.79 Å². The Hall–Kier alpha value is -1.81. The normalized spacial score (nSPS) is 9.31. The second kappa shape index (κ2) is 4.95. The van der Waals surface area contributed by atoms with Gasteiger partial charge in [0.2, 0.25) is 5.78 Å². The van der Waals surface area contributed by atoms with E-state index in [1.54, 1.807) is 13.0 Å². The zero-order valence-corrected chi connectivity index (χ0v) is 7.45. The molecule has 0 saturated heterocycles. The summed E-state index contributed by atoms with van der Waals surface area (Å²) in [7, 11) is 0. The minimum Gasteiger partial charge on any atom is -0.280 e. The molecule has 0 fully saturated rings. The van der Waals surface area contributed by atoms with Crippen LogP contribution in [0.5, 0.6) is 0 Å². The number of hydrogen-bond donors (Lipinski definition) is 0. The van der Waals surface area contributed by atoms with Crippen molar-refractivity contribution in [2.24, 2.45) is 0 Å². The van der Waals surface area contributed by atoms with Crippen LogP contribution in [0, 0.1) is 11.8 Å². The van der Waals surface area contributed by atoms with E-state index in [9.17, 15) is 4.79 Å². The largest absolute Gasteiger partial charge is 0.280 e. The van der Waals surface area contributed by atoms with Crippen LogP contribution in [0.1, 0.15) is 12.5 Å². The minimum atomic E-state index is -0.161. The lowest BCUT2D eigenvalue weighted by molar-refractivity contribution is -0.109. The maximum absolute atomic E-state index is 11.0. The van der Waals surface area contributed by atoms with E-state index >= 15 is 0 Å². The van der Waals surface area contributed by atoms with Gasteiger partial charge in [-0.2, -0.15) is 0 Å². The van der Waals surface area contributed by atoms with E-state index in [2.05, 4.69) is 11.8 Å². The topological polar surface area (TPSA) is 17.1 Å². The first kappa shape index (κ1) is 9.28. The van der Waals surface area contributed by atoms with E-state index < -0.39 is 0 Å². The first-order valence-electron chi connectivity index (χ1n) is 4.06. The summed E-state index contributed by atoms with van der Waals surface area (Å²) in [6.07, 6.45) is 3.14. The molecule has 1 aromatic rings. The molecule has 1 heteroatoms. The number of rotatable bonds is 1. The van der Waals surface area contributed by atoms with Gasteiger partial charge < -0.3 is 0 Å². The lowest BCUT2D eigenvalue weighted by atomic mass is 10.2. The molecule has 0 unspecified atom stereocenters. The van der Waals surface area contributed by atoms with Crippen LogP contribution in [-0.2, 0) is 4.79 Å². The maximum atomic E-state index is 11.0. The molecule has 0 aliphatic rings. The van der Waals surface area contributed by atoms with E-state index in [-0.39, 0.29) is 5.78 Å². The first-order valence-corrected chi connectivity index (χ1v) is 4.06. The van der Waals surface area contributed by atoms with Crippen molar-refractivity contribution in [3.05, 3.63) is 48.0 Å². The Labute approximate surface area is 78.1 Å². The molecule has 0 spiro atoms. The summed E-state index contributed by atoms with van der Waals surface area (Å²) in [5.74, 6) is 5.14. The molecule has 64 valence electrons. The van der Waals surface area contributed by atoms with Crippen LogP contribution in [0.15, 0.2) is 42.5 Å². The van der Waals surface area contributed by atoms with E-state index in [1.807, 2.05) is 30.3 Å². The summed E-state index contributed by atoms with van der Waals surface area (Å²) in [5.41, 5.74) is 0.861. The van der Waals surface area contributed by atoms with Crippen molar-refractivity contribution in [1.82, 2.24) is 0 Å². The van der Waals surface area contributed by atoms with E-state index in [0.29, 0.717) is 0 Å². The minimum absolute atomic E-state index is 0.161. The molecule has 0 saturated carbocycles. The third-order valence-corrected chi connectivity index (χ3v) is 1.42. The number of benzene rings is 1. The predicted octanol–water partition coefficient (Wildman–Crippen LogP) is 2.18. The highest BCUT2D eigenvalue weighted by atomic mass is 16.1. The molecule has 0 aromatic heterocycles. The first-order chi connectivity index (χ1) is 6.33. The summed E-state index contributed by atoms with van der Waals surface area (Å²) < 4.78 is 0. The molecule has 1 aromatic carbocycles. The summed E-state index contributed by atoms with van der Waals surface area (Å²) in [6, 6.07) is 9.44. The van der Waals surface area contributed by atoms with Gasteiger partial charge >= 0.3 is 0 Å². The highest BCUT2D eigenvalue weighted by Gasteiger charge is 1.86. The van der Waals surface area contributed by atoms with Gasteiger partial charge in [0.25, 0.3) is 0 Å². The van der Waals surface area contributed by atoms with Gasteiger partial charge in [0.15, 0.2) is 0 Å². The smallest absolute Gasteiger partial charge is 0.228 e. The average molecular weight is 170 g/mol. The lowest BCUT2D eigenvalue weighted by Crippen LogP contribution is -1.84. The fourth-order valence-corrected chi connectivity index (χ4v) is 0.848. The van der Waals surface area contributed by atoms with Crippen molar-refractivity contribution in [2.75, 3.05) is 0 Å². The molecule has 0 atom stereocenters. The van der Waals surface area contributed by atoms with Crippen LogP contribution in [0.4, 0.5) is 0 Å². The van der Waals surface area contributed by atoms with Crippen LogP contribution in [0.2, 0.25) is 0 Å². The Balaban J connectivity index is 2.73. The molecule has 0 amide bonds. The fraction of sp³-hybridized carbons (Fsp3) is 0.0833. The molecule has 0 bridgehead atoms. The van der Waals surface area contributed by atoms with Gasteiger partial charge in [0, 0.05) is 5.56 Å². The Morgan fingerprint density at radius 1 is 1.31 bits per heavy atom. The van der Waals surface area contributed by atoms with Crippen molar-refractivity contribution in [1.29, 1.82) is 0 Å². The van der Waals surface area contributed by atoms with Gasteiger partial charge in [-0.15, -0.1) is 0 Å². The van der Waals surface area contributed by atoms with Crippen molar-refractivity contribution in [2.45, 2.75) is 6.92 Å². The van der Waals surface area contributed by atoms with Gasteiger partial charge in [0.1, 0.15) is 0 Å². The third kappa shape index (κ3) is 3.39. The maximum Gasteiger partial charge on any atom is 0.228 e. The lowest BCUT2D eigenvalue weighted by Gasteiger charge is -1.84. The van der Waals surface area contributed by atoms with Gasteiger partial charge in [0.05, 0.1) is 0 Å². The summed E-state index contributed by atoms with van der Waals surface area (Å²) in [5, 5.41) is 0. The molecule has 1 nitrogen and oxygen atoms in total. The third-order valence-electron chi connectivity index (χ3n) is 1.42. The van der Waals surface area contributed by atoms with E-state index in [0.717, 1.165) is 5.56 Å². The van der Waals surface area contributed by atoms with Crippen molar-refractivity contribution in [3.63, 3.8) is 0 Å². The van der Waals surface area contributed by atoms with Gasteiger partial charge in [-0.1, -0.05) is 30.2 Å². The van der Waals surface area contributed by atoms with E-state index in [1.165, 1.54) is 6.08 Å². The van der Waals surface area contributed by atoms with Gasteiger partial charge in [-0.05, 0) is 31.1 Å². The second-order valence-electron chi connectivity index (χ2n) is 2.48. The molecular formula is C12H10O. The molecular weight excluding hydrogens is 160 g/mol. The number of allylic oxidation sites excluding steroid dienone is 2. The number of hydrogen-bond acceptors (Lipinski definition) is 1. The summed E-state index contributed by atoms with van der Waals surface area (Å²) >= 11 is 0. The quantitative estimate of drug-likeness (QED) is 0.466. The second-order valence-corrected chi connectivity index (χ2v) is 2.48. The molecule has 13 heavy (non-hydrogen) atoms. The van der Waals surface area contributed by atoms with Crippen molar-refractivity contribution < 1.29 is 4.79 Å². The average Bonchev–Trinajstić information content (AvgIpc) is 2.17. The van der Waals surface area contributed by atoms with E-state index in [4.69, 9.17) is 0 Å². The van der Waals surface area contributed by atoms with Crippen LogP contribution >= 0.6 is 0 Å². The Bertz CT molecular complexity index is 363. The van der Waals surface area contributed by atoms with Crippen LogP contribution in [-0.4, -0.2) is 5.78 Å². The van der Waals surface area contributed by atoms with Crippen LogP contribution in [0.25, 0.3) is 0 Å². The molecule has 0 heterocycles. The molecule has 0 aliphatic carbocycles.